The number of phenols is 1. The van der Waals surface area contributed by atoms with Gasteiger partial charge in [0.05, 0.1) is 11.2 Å². The third kappa shape index (κ3) is 3.37. The number of hydrogen-bond donors (Lipinski definition) is 3. The molecule has 2 aromatic rings. The number of H-pyrrole nitrogens is 1. The lowest BCUT2D eigenvalue weighted by Crippen LogP contribution is -2.18. The molecule has 0 spiro atoms. The summed E-state index contributed by atoms with van der Waals surface area (Å²) in [5.41, 5.74) is 3.69. The smallest absolute Gasteiger partial charge is 0.291 e. The lowest BCUT2D eigenvalue weighted by Gasteiger charge is -2.02. The van der Waals surface area contributed by atoms with E-state index >= 15 is 0 Å². The third-order valence-corrected chi connectivity index (χ3v) is 3.11. The summed E-state index contributed by atoms with van der Waals surface area (Å²) in [6.45, 7) is 1.79. The van der Waals surface area contributed by atoms with Gasteiger partial charge < -0.3 is 5.11 Å². The molecule has 1 aromatic heterocycles. The maximum atomic E-state index is 11.7. The molecule has 1 aromatic carbocycles. The van der Waals surface area contributed by atoms with E-state index in [4.69, 9.17) is 11.6 Å². The van der Waals surface area contributed by atoms with Crippen LogP contribution in [0.5, 0.6) is 5.75 Å². The Bertz CT molecular complexity index is 684. The molecule has 0 atom stereocenters. The highest BCUT2D eigenvalue weighted by atomic mass is 79.9. The standard InChI is InChI=1S/C12H10BrClN4O2/c1-6-2-10(17-16-6)12(20)18-15-5-7-3-8(13)4-9(14)11(7)19/h2-5,19H,1H3,(H,16,17)(H,18,20). The molecule has 0 fully saturated rings. The van der Waals surface area contributed by atoms with Gasteiger partial charge in [-0.1, -0.05) is 27.5 Å². The fourth-order valence-electron chi connectivity index (χ4n) is 1.44. The number of aryl methyl sites for hydroxylation is 1. The maximum absolute atomic E-state index is 11.7. The van der Waals surface area contributed by atoms with E-state index in [0.717, 1.165) is 5.69 Å². The number of phenolic OH excluding ortho intramolecular Hbond substituents is 1. The van der Waals surface area contributed by atoms with E-state index in [9.17, 15) is 9.90 Å². The first kappa shape index (κ1) is 14.5. The summed E-state index contributed by atoms with van der Waals surface area (Å²) in [5, 5.41) is 20.1. The Morgan fingerprint density at radius 3 is 2.95 bits per heavy atom. The number of amides is 1. The average molecular weight is 358 g/mol. The Morgan fingerprint density at radius 2 is 2.30 bits per heavy atom. The second-order valence-electron chi connectivity index (χ2n) is 3.96. The first-order valence-corrected chi connectivity index (χ1v) is 6.68. The fraction of sp³-hybridized carbons (Fsp3) is 0.0833. The van der Waals surface area contributed by atoms with Crippen molar-refractivity contribution >= 4 is 39.7 Å². The van der Waals surface area contributed by atoms with Crippen molar-refractivity contribution in [3.8, 4) is 5.75 Å². The topological polar surface area (TPSA) is 90.4 Å². The van der Waals surface area contributed by atoms with Gasteiger partial charge >= 0.3 is 0 Å². The maximum Gasteiger partial charge on any atom is 0.291 e. The van der Waals surface area contributed by atoms with Gasteiger partial charge in [0.25, 0.3) is 5.91 Å². The van der Waals surface area contributed by atoms with E-state index in [1.807, 2.05) is 0 Å². The zero-order chi connectivity index (χ0) is 14.7. The molecular formula is C12H10BrClN4O2. The van der Waals surface area contributed by atoms with Gasteiger partial charge in [-0.3, -0.25) is 9.89 Å². The average Bonchev–Trinajstić information content (AvgIpc) is 2.81. The number of nitrogens with zero attached hydrogens (tertiary/aromatic N) is 2. The van der Waals surface area contributed by atoms with E-state index in [1.165, 1.54) is 6.21 Å². The molecule has 20 heavy (non-hydrogen) atoms. The number of aromatic nitrogens is 2. The van der Waals surface area contributed by atoms with E-state index in [1.54, 1.807) is 25.1 Å². The number of halogens is 2. The second-order valence-corrected chi connectivity index (χ2v) is 5.28. The van der Waals surface area contributed by atoms with Gasteiger partial charge in [-0.2, -0.15) is 10.2 Å². The van der Waals surface area contributed by atoms with Gasteiger partial charge in [0.2, 0.25) is 0 Å². The van der Waals surface area contributed by atoms with Crippen molar-refractivity contribution < 1.29 is 9.90 Å². The van der Waals surface area contributed by atoms with Crippen LogP contribution in [0.1, 0.15) is 21.7 Å². The van der Waals surface area contributed by atoms with Crippen LogP contribution < -0.4 is 5.43 Å². The zero-order valence-corrected chi connectivity index (χ0v) is 12.7. The molecule has 8 heteroatoms. The number of aromatic hydroxyl groups is 1. The number of hydrazone groups is 1. The highest BCUT2D eigenvalue weighted by molar-refractivity contribution is 9.10. The Morgan fingerprint density at radius 1 is 1.55 bits per heavy atom. The molecule has 1 heterocycles. The molecule has 0 radical (unpaired) electrons. The summed E-state index contributed by atoms with van der Waals surface area (Å²) in [7, 11) is 0. The number of hydrogen-bond acceptors (Lipinski definition) is 4. The van der Waals surface area contributed by atoms with Gasteiger partial charge in [-0.25, -0.2) is 5.43 Å². The molecule has 104 valence electrons. The Labute approximate surface area is 128 Å². The molecule has 2 rings (SSSR count). The number of nitrogens with one attached hydrogen (secondary N) is 2. The predicted molar refractivity (Wildman–Crippen MR) is 79.2 cm³/mol. The van der Waals surface area contributed by atoms with Crippen molar-refractivity contribution in [3.63, 3.8) is 0 Å². The van der Waals surface area contributed by atoms with Crippen LogP contribution >= 0.6 is 27.5 Å². The van der Waals surface area contributed by atoms with Crippen molar-refractivity contribution in [1.29, 1.82) is 0 Å². The fourth-order valence-corrected chi connectivity index (χ4v) is 2.27. The SMILES string of the molecule is Cc1cc(C(=O)NN=Cc2cc(Br)cc(Cl)c2O)n[nH]1. The van der Waals surface area contributed by atoms with Gasteiger partial charge in [0.15, 0.2) is 5.69 Å². The van der Waals surface area contributed by atoms with Crippen LogP contribution in [0, 0.1) is 6.92 Å². The van der Waals surface area contributed by atoms with Crippen molar-refractivity contribution in [2.45, 2.75) is 6.92 Å². The van der Waals surface area contributed by atoms with Crippen molar-refractivity contribution in [2.24, 2.45) is 5.10 Å². The molecule has 6 nitrogen and oxygen atoms in total. The monoisotopic (exact) mass is 356 g/mol. The first-order chi connectivity index (χ1) is 9.47. The summed E-state index contributed by atoms with van der Waals surface area (Å²) in [6.07, 6.45) is 1.30. The molecule has 1 amide bonds. The lowest BCUT2D eigenvalue weighted by molar-refractivity contribution is 0.0950. The number of benzene rings is 1. The van der Waals surface area contributed by atoms with Crippen LogP contribution in [0.3, 0.4) is 0 Å². The number of rotatable bonds is 3. The van der Waals surface area contributed by atoms with Crippen LogP contribution in [0.4, 0.5) is 0 Å². The third-order valence-electron chi connectivity index (χ3n) is 2.37. The van der Waals surface area contributed by atoms with Crippen LogP contribution in [0.2, 0.25) is 5.02 Å². The minimum absolute atomic E-state index is 0.108. The van der Waals surface area contributed by atoms with Gasteiger partial charge in [-0.05, 0) is 25.1 Å². The molecule has 0 unspecified atom stereocenters. The minimum atomic E-state index is -0.453. The molecular weight excluding hydrogens is 348 g/mol. The van der Waals surface area contributed by atoms with Gasteiger partial charge in [0, 0.05) is 15.7 Å². The highest BCUT2D eigenvalue weighted by Gasteiger charge is 2.08. The van der Waals surface area contributed by atoms with Crippen molar-refractivity contribution in [3.05, 3.63) is 44.6 Å². The minimum Gasteiger partial charge on any atom is -0.506 e. The summed E-state index contributed by atoms with van der Waals surface area (Å²) in [5.74, 6) is -0.560. The van der Waals surface area contributed by atoms with E-state index in [-0.39, 0.29) is 16.5 Å². The van der Waals surface area contributed by atoms with Gasteiger partial charge in [-0.15, -0.1) is 0 Å². The molecule has 0 bridgehead atoms. The second kappa shape index (κ2) is 6.06. The van der Waals surface area contributed by atoms with Crippen molar-refractivity contribution in [1.82, 2.24) is 15.6 Å². The summed E-state index contributed by atoms with van der Waals surface area (Å²) in [6, 6.07) is 4.77. The molecule has 0 saturated heterocycles. The molecule has 0 aliphatic carbocycles. The Hall–Kier alpha value is -1.86. The zero-order valence-electron chi connectivity index (χ0n) is 10.3. The number of carbonyl (C=O) groups is 1. The summed E-state index contributed by atoms with van der Waals surface area (Å²) in [4.78, 5) is 11.7. The van der Waals surface area contributed by atoms with E-state index in [0.29, 0.717) is 10.0 Å². The van der Waals surface area contributed by atoms with Crippen LogP contribution in [0.25, 0.3) is 0 Å². The van der Waals surface area contributed by atoms with Crippen LogP contribution in [-0.4, -0.2) is 27.4 Å². The lowest BCUT2D eigenvalue weighted by atomic mass is 10.2. The van der Waals surface area contributed by atoms with Crippen LogP contribution in [0.15, 0.2) is 27.8 Å². The summed E-state index contributed by atoms with van der Waals surface area (Å²) >= 11 is 9.06. The van der Waals surface area contributed by atoms with Crippen LogP contribution in [-0.2, 0) is 0 Å². The Balaban J connectivity index is 2.09. The van der Waals surface area contributed by atoms with E-state index in [2.05, 4.69) is 36.7 Å². The largest absolute Gasteiger partial charge is 0.506 e. The Kier molecular flexibility index (Phi) is 4.41. The predicted octanol–water partition coefficient (Wildman–Crippen LogP) is 2.60. The van der Waals surface area contributed by atoms with E-state index < -0.39 is 5.91 Å². The molecule has 3 N–H and O–H groups in total. The molecule has 0 aliphatic rings. The molecule has 0 saturated carbocycles. The number of carbonyl (C=O) groups excluding carboxylic acids is 1. The van der Waals surface area contributed by atoms with Gasteiger partial charge in [0.1, 0.15) is 5.75 Å². The normalized spacial score (nSPS) is 10.9. The quantitative estimate of drug-likeness (QED) is 0.582. The summed E-state index contributed by atoms with van der Waals surface area (Å²) < 4.78 is 0.691. The highest BCUT2D eigenvalue weighted by Crippen LogP contribution is 2.30. The molecule has 0 aliphatic heterocycles. The first-order valence-electron chi connectivity index (χ1n) is 5.51. The number of aromatic amines is 1. The van der Waals surface area contributed by atoms with Crippen molar-refractivity contribution in [2.75, 3.05) is 0 Å².